The van der Waals surface area contributed by atoms with E-state index < -0.39 is 36.4 Å². The molecule has 1 saturated heterocycles. The fourth-order valence-electron chi connectivity index (χ4n) is 7.92. The van der Waals surface area contributed by atoms with Crippen LogP contribution in [0.5, 0.6) is 0 Å². The van der Waals surface area contributed by atoms with Crippen LogP contribution < -0.4 is 10.6 Å². The molecule has 0 radical (unpaired) electrons. The number of likely N-dealkylation sites (tertiary alicyclic amines) is 1. The number of ether oxygens (including phenoxy) is 1. The van der Waals surface area contributed by atoms with E-state index in [0.29, 0.717) is 60.4 Å². The highest BCUT2D eigenvalue weighted by Gasteiger charge is 2.47. The Hall–Kier alpha value is -3.63. The topological polar surface area (TPSA) is 138 Å². The summed E-state index contributed by atoms with van der Waals surface area (Å²) in [4.78, 5) is 53.8. The van der Waals surface area contributed by atoms with Crippen molar-refractivity contribution in [1.82, 2.24) is 10.2 Å². The fourth-order valence-corrected chi connectivity index (χ4v) is 7.92. The third kappa shape index (κ3) is 7.50. The third-order valence-electron chi connectivity index (χ3n) is 10.2. The molecule has 3 aliphatic rings. The number of aryl methyl sites for hydroxylation is 1. The van der Waals surface area contributed by atoms with Crippen molar-refractivity contribution >= 4 is 40.5 Å². The van der Waals surface area contributed by atoms with Crippen molar-refractivity contribution in [3.05, 3.63) is 29.5 Å². The molecular weight excluding hydrogens is 593 g/mol. The largest absolute Gasteiger partial charge is 0.475 e. The van der Waals surface area contributed by atoms with Gasteiger partial charge < -0.3 is 29.8 Å². The van der Waals surface area contributed by atoms with Crippen LogP contribution in [-0.4, -0.2) is 64.8 Å². The zero-order valence-electron chi connectivity index (χ0n) is 27.4. The van der Waals surface area contributed by atoms with Gasteiger partial charge >= 0.3 is 12.1 Å². The number of nitrogens with zero attached hydrogens (tertiary/aromatic N) is 1. The van der Waals surface area contributed by atoms with E-state index in [1.165, 1.54) is 6.42 Å². The lowest BCUT2D eigenvalue weighted by Crippen LogP contribution is -2.50. The summed E-state index contributed by atoms with van der Waals surface area (Å²) in [7, 11) is 0. The highest BCUT2D eigenvalue weighted by molar-refractivity contribution is 6.01. The Balaban J connectivity index is 1.29. The van der Waals surface area contributed by atoms with E-state index in [1.54, 1.807) is 50.8 Å². The van der Waals surface area contributed by atoms with Crippen molar-refractivity contribution in [2.75, 3.05) is 18.5 Å². The number of hydrogen-bond donors (Lipinski definition) is 3. The average molecular weight is 642 g/mol. The van der Waals surface area contributed by atoms with E-state index in [-0.39, 0.29) is 35.3 Å². The number of rotatable bonds is 8. The molecule has 0 unspecified atom stereocenters. The number of carbonyl (C=O) groups is 4. The van der Waals surface area contributed by atoms with Crippen molar-refractivity contribution < 1.29 is 37.8 Å². The van der Waals surface area contributed by atoms with E-state index >= 15 is 0 Å². The number of alkyl halides is 1. The number of alkyl carbamates (subject to hydrolysis) is 1. The van der Waals surface area contributed by atoms with Gasteiger partial charge in [0.25, 0.3) is 0 Å². The molecule has 5 rings (SSSR count). The molecule has 2 aromatic rings. The molecule has 1 aliphatic heterocycles. The third-order valence-corrected chi connectivity index (χ3v) is 10.2. The molecule has 10 nitrogen and oxygen atoms in total. The Labute approximate surface area is 269 Å². The lowest BCUT2D eigenvalue weighted by atomic mass is 9.76. The number of amides is 3. The lowest BCUT2D eigenvalue weighted by molar-refractivity contribution is -0.142. The summed E-state index contributed by atoms with van der Waals surface area (Å²) in [5, 5.41) is 15.8. The van der Waals surface area contributed by atoms with Crippen molar-refractivity contribution in [2.24, 2.45) is 23.7 Å². The van der Waals surface area contributed by atoms with E-state index in [4.69, 9.17) is 9.15 Å². The summed E-state index contributed by atoms with van der Waals surface area (Å²) in [6.45, 7) is 6.77. The second-order valence-corrected chi connectivity index (χ2v) is 14.4. The standard InChI is InChI=1S/C35H48FN3O7/c1-20-26-18-24(14-15-28(26)45-30(20)33(42)43)37-31(40)29-25(21-8-6-5-7-9-21)16-17-39(29)32(41)23-12-10-22(11-13-23)27(19-36)38-34(44)46-35(2,3)4/h14-15,18,21-23,25,27,29H,5-13,16-17,19H2,1-4H3,(H,37,40)(H,38,44)(H,42,43)/t22?,23?,25-,27+,29-/m0/s1. The first kappa shape index (κ1) is 33.7. The smallest absolute Gasteiger partial charge is 0.407 e. The van der Waals surface area contributed by atoms with Gasteiger partial charge in [0.15, 0.2) is 0 Å². The SMILES string of the molecule is Cc1c(C(=O)O)oc2ccc(NC(=O)[C@@H]3[C@H](C4CCCCC4)CCN3C(=O)C3CCC([C@@H](CF)NC(=O)OC(C)(C)C)CC3)cc12. The fraction of sp³-hybridized carbons (Fsp3) is 0.657. The number of benzene rings is 1. The molecule has 3 fully saturated rings. The molecule has 3 amide bonds. The number of halogens is 1. The first-order valence-electron chi connectivity index (χ1n) is 16.8. The Kier molecular flexibility index (Phi) is 10.3. The predicted octanol–water partition coefficient (Wildman–Crippen LogP) is 6.84. The second-order valence-electron chi connectivity index (χ2n) is 14.4. The molecule has 46 heavy (non-hydrogen) atoms. The predicted molar refractivity (Wildman–Crippen MR) is 171 cm³/mol. The van der Waals surface area contributed by atoms with Gasteiger partial charge in [-0.15, -0.1) is 0 Å². The average Bonchev–Trinajstić information content (AvgIpc) is 3.61. The Morgan fingerprint density at radius 3 is 2.37 bits per heavy atom. The zero-order chi connectivity index (χ0) is 33.2. The first-order valence-corrected chi connectivity index (χ1v) is 16.8. The summed E-state index contributed by atoms with van der Waals surface area (Å²) in [6.07, 6.45) is 8.01. The van der Waals surface area contributed by atoms with Gasteiger partial charge in [0.05, 0.1) is 6.04 Å². The number of carboxylic acid groups (broad SMARTS) is 1. The molecule has 2 aliphatic carbocycles. The van der Waals surface area contributed by atoms with Gasteiger partial charge in [-0.3, -0.25) is 9.59 Å². The van der Waals surface area contributed by atoms with Crippen molar-refractivity contribution in [2.45, 2.75) is 110 Å². The van der Waals surface area contributed by atoms with E-state index in [1.807, 2.05) is 0 Å². The molecule has 1 aromatic heterocycles. The molecule has 11 heteroatoms. The van der Waals surface area contributed by atoms with Crippen molar-refractivity contribution in [3.63, 3.8) is 0 Å². The van der Waals surface area contributed by atoms with Crippen LogP contribution in [0.3, 0.4) is 0 Å². The van der Waals surface area contributed by atoms with Gasteiger partial charge in [-0.2, -0.15) is 0 Å². The molecule has 252 valence electrons. The van der Waals surface area contributed by atoms with E-state index in [2.05, 4.69) is 10.6 Å². The Morgan fingerprint density at radius 1 is 1.04 bits per heavy atom. The minimum Gasteiger partial charge on any atom is -0.475 e. The maximum atomic E-state index is 14.1. The lowest BCUT2D eigenvalue weighted by Gasteiger charge is -2.37. The van der Waals surface area contributed by atoms with Crippen LogP contribution in [0.1, 0.15) is 101 Å². The number of carbonyl (C=O) groups excluding carboxylic acids is 3. The van der Waals surface area contributed by atoms with E-state index in [0.717, 1.165) is 32.1 Å². The zero-order valence-corrected chi connectivity index (χ0v) is 27.4. The summed E-state index contributed by atoms with van der Waals surface area (Å²) >= 11 is 0. The highest BCUT2D eigenvalue weighted by Crippen LogP contribution is 2.41. The van der Waals surface area contributed by atoms with Crippen molar-refractivity contribution in [3.8, 4) is 0 Å². The van der Waals surface area contributed by atoms with Crippen LogP contribution in [0.15, 0.2) is 22.6 Å². The Morgan fingerprint density at radius 2 is 1.74 bits per heavy atom. The number of hydrogen-bond acceptors (Lipinski definition) is 6. The number of furan rings is 1. The summed E-state index contributed by atoms with van der Waals surface area (Å²) < 4.78 is 24.8. The van der Waals surface area contributed by atoms with Crippen LogP contribution >= 0.6 is 0 Å². The minimum atomic E-state index is -1.15. The molecule has 0 bridgehead atoms. The number of carboxylic acids is 1. The second kappa shape index (κ2) is 14.0. The van der Waals surface area contributed by atoms with Gasteiger partial charge in [0.2, 0.25) is 17.6 Å². The normalized spacial score (nSPS) is 24.8. The van der Waals surface area contributed by atoms with Crippen LogP contribution in [0, 0.1) is 30.6 Å². The van der Waals surface area contributed by atoms with Gasteiger partial charge in [-0.1, -0.05) is 32.1 Å². The molecule has 2 heterocycles. The van der Waals surface area contributed by atoms with Crippen molar-refractivity contribution in [1.29, 1.82) is 0 Å². The number of anilines is 1. The number of aromatic carboxylic acids is 1. The Bertz CT molecular complexity index is 1440. The minimum absolute atomic E-state index is 0.0268. The van der Waals surface area contributed by atoms with Crippen LogP contribution in [-0.2, 0) is 14.3 Å². The van der Waals surface area contributed by atoms with Crippen LogP contribution in [0.2, 0.25) is 0 Å². The van der Waals surface area contributed by atoms with Gasteiger partial charge in [-0.05, 0) is 95.8 Å². The molecule has 3 atom stereocenters. The molecule has 0 spiro atoms. The molecule has 1 aromatic carbocycles. The summed E-state index contributed by atoms with van der Waals surface area (Å²) in [6, 6.07) is 3.80. The maximum absolute atomic E-state index is 14.1. The van der Waals surface area contributed by atoms with Gasteiger partial charge in [0.1, 0.15) is 23.9 Å². The van der Waals surface area contributed by atoms with E-state index in [9.17, 15) is 28.7 Å². The van der Waals surface area contributed by atoms with Gasteiger partial charge in [0, 0.05) is 29.1 Å². The monoisotopic (exact) mass is 641 g/mol. The van der Waals surface area contributed by atoms with Gasteiger partial charge in [-0.25, -0.2) is 14.0 Å². The molecule has 3 N–H and O–H groups in total. The quantitative estimate of drug-likeness (QED) is 0.287. The number of nitrogens with one attached hydrogen (secondary N) is 2. The van der Waals surface area contributed by atoms with Crippen LogP contribution in [0.4, 0.5) is 14.9 Å². The highest BCUT2D eigenvalue weighted by atomic mass is 19.1. The maximum Gasteiger partial charge on any atom is 0.407 e. The summed E-state index contributed by atoms with van der Waals surface area (Å²) in [5.41, 5.74) is 0.758. The first-order chi connectivity index (χ1) is 21.9. The molecular formula is C35H48FN3O7. The number of fused-ring (bicyclic) bond motifs is 1. The molecule has 2 saturated carbocycles. The van der Waals surface area contributed by atoms with Crippen LogP contribution in [0.25, 0.3) is 11.0 Å². The summed E-state index contributed by atoms with van der Waals surface area (Å²) in [5.74, 6) is -1.46.